The second-order valence-corrected chi connectivity index (χ2v) is 10.3. The zero-order chi connectivity index (χ0) is 26.6. The van der Waals surface area contributed by atoms with E-state index in [2.05, 4.69) is 0 Å². The molecule has 0 amide bonds. The van der Waals surface area contributed by atoms with Crippen molar-refractivity contribution in [1.29, 1.82) is 0 Å². The summed E-state index contributed by atoms with van der Waals surface area (Å²) in [7, 11) is 1.35. The number of hydrogen-bond donors (Lipinski definition) is 2. The van der Waals surface area contributed by atoms with Gasteiger partial charge in [-0.05, 0) is 26.7 Å². The lowest BCUT2D eigenvalue weighted by molar-refractivity contribution is -0.324. The van der Waals surface area contributed by atoms with Crippen molar-refractivity contribution in [3.63, 3.8) is 0 Å². The number of carbonyl (C=O) groups is 4. The van der Waals surface area contributed by atoms with Gasteiger partial charge in [0.25, 0.3) is 0 Å². The molecule has 3 aliphatic rings. The van der Waals surface area contributed by atoms with E-state index in [-0.39, 0.29) is 37.0 Å². The minimum Gasteiger partial charge on any atom is -0.457 e. The van der Waals surface area contributed by atoms with E-state index in [1.54, 1.807) is 13.8 Å². The number of ether oxygens (including phenoxy) is 5. The fourth-order valence-electron chi connectivity index (χ4n) is 5.70. The minimum atomic E-state index is -2.23. The minimum absolute atomic E-state index is 0.0247. The molecule has 0 saturated heterocycles. The first kappa shape index (κ1) is 27.1. The van der Waals surface area contributed by atoms with Gasteiger partial charge in [0.1, 0.15) is 17.3 Å². The molecule has 196 valence electrons. The molecule has 0 aromatic rings. The maximum Gasteiger partial charge on any atom is 0.337 e. The summed E-state index contributed by atoms with van der Waals surface area (Å²) in [6.07, 6.45) is -3.32. The fraction of sp³-hybridized carbons (Fsp3) is 0.750. The monoisotopic (exact) mass is 498 g/mol. The van der Waals surface area contributed by atoms with Crippen LogP contribution >= 0.6 is 0 Å². The standard InChI is InChI=1S/C24H34O11/c1-12(2)18(27)33-16-10-22(6,34-14(4)26)23(30)9-8-21(5,29)20(32-13(3)25)24(23)17(16)15(11-31-7)19(28)35-24/h12,16,20,29-30H,8-11H2,1-7H3. The van der Waals surface area contributed by atoms with Gasteiger partial charge in [0.05, 0.1) is 18.1 Å². The van der Waals surface area contributed by atoms with Crippen LogP contribution in [0, 0.1) is 5.92 Å². The molecule has 11 heteroatoms. The molecule has 0 radical (unpaired) electrons. The Morgan fingerprint density at radius 3 is 2.23 bits per heavy atom. The van der Waals surface area contributed by atoms with Gasteiger partial charge in [-0.2, -0.15) is 0 Å². The molecule has 2 saturated carbocycles. The van der Waals surface area contributed by atoms with E-state index in [0.717, 1.165) is 13.8 Å². The van der Waals surface area contributed by atoms with Crippen LogP contribution in [-0.4, -0.2) is 82.4 Å². The van der Waals surface area contributed by atoms with Gasteiger partial charge in [0, 0.05) is 33.0 Å². The van der Waals surface area contributed by atoms with E-state index in [1.165, 1.54) is 21.0 Å². The summed E-state index contributed by atoms with van der Waals surface area (Å²) >= 11 is 0. The SMILES string of the molecule is COCC1=C2C(OC(=O)C(C)C)CC(C)(OC(C)=O)C3(O)CCC(C)(O)C(OC(C)=O)C23OC1=O. The van der Waals surface area contributed by atoms with Crippen LogP contribution in [0.25, 0.3) is 0 Å². The lowest BCUT2D eigenvalue weighted by Gasteiger charge is -2.63. The summed E-state index contributed by atoms with van der Waals surface area (Å²) in [4.78, 5) is 50.3. The Morgan fingerprint density at radius 1 is 1.09 bits per heavy atom. The van der Waals surface area contributed by atoms with Crippen molar-refractivity contribution >= 4 is 23.9 Å². The maximum atomic E-state index is 13.2. The van der Waals surface area contributed by atoms with Crippen molar-refractivity contribution in [3.8, 4) is 0 Å². The molecule has 0 aromatic heterocycles. The Bertz CT molecular complexity index is 967. The first-order chi connectivity index (χ1) is 16.1. The lowest BCUT2D eigenvalue weighted by atomic mass is 9.51. The van der Waals surface area contributed by atoms with Crippen LogP contribution in [0.1, 0.15) is 60.8 Å². The molecule has 2 aliphatic carbocycles. The van der Waals surface area contributed by atoms with Crippen LogP contribution in [0.3, 0.4) is 0 Å². The third-order valence-electron chi connectivity index (χ3n) is 7.21. The van der Waals surface area contributed by atoms with E-state index < -0.39 is 64.4 Å². The molecule has 35 heavy (non-hydrogen) atoms. The highest BCUT2D eigenvalue weighted by Crippen LogP contribution is 2.63. The number of esters is 4. The van der Waals surface area contributed by atoms with Crippen LogP contribution in [0.5, 0.6) is 0 Å². The summed E-state index contributed by atoms with van der Waals surface area (Å²) in [5.74, 6) is -3.60. The Kier molecular flexibility index (Phi) is 6.86. The van der Waals surface area contributed by atoms with Gasteiger partial charge in [0.15, 0.2) is 11.7 Å². The number of carbonyl (C=O) groups excluding carboxylic acids is 4. The average Bonchev–Trinajstić information content (AvgIpc) is 3.00. The van der Waals surface area contributed by atoms with Crippen molar-refractivity contribution in [3.05, 3.63) is 11.1 Å². The molecule has 3 rings (SSSR count). The molecular formula is C24H34O11. The quantitative estimate of drug-likeness (QED) is 0.393. The first-order valence-electron chi connectivity index (χ1n) is 11.5. The molecule has 2 fully saturated rings. The van der Waals surface area contributed by atoms with Crippen molar-refractivity contribution in [2.75, 3.05) is 13.7 Å². The molecule has 0 bridgehead atoms. The van der Waals surface area contributed by atoms with Gasteiger partial charge in [0.2, 0.25) is 5.60 Å². The van der Waals surface area contributed by atoms with Crippen LogP contribution in [0.4, 0.5) is 0 Å². The average molecular weight is 499 g/mol. The third-order valence-corrected chi connectivity index (χ3v) is 7.21. The van der Waals surface area contributed by atoms with Crippen LogP contribution in [0.15, 0.2) is 11.1 Å². The Hall–Kier alpha value is -2.50. The first-order valence-corrected chi connectivity index (χ1v) is 11.5. The number of methoxy groups -OCH3 is 1. The summed E-state index contributed by atoms with van der Waals surface area (Å²) < 4.78 is 28.0. The molecule has 1 heterocycles. The molecule has 0 aromatic carbocycles. The largest absolute Gasteiger partial charge is 0.457 e. The van der Waals surface area contributed by atoms with Gasteiger partial charge in [-0.25, -0.2) is 4.79 Å². The number of hydrogen-bond acceptors (Lipinski definition) is 11. The summed E-state index contributed by atoms with van der Waals surface area (Å²) in [5, 5.41) is 23.7. The molecular weight excluding hydrogens is 464 g/mol. The summed E-state index contributed by atoms with van der Waals surface area (Å²) in [6.45, 7) is 8.08. The molecule has 6 atom stereocenters. The van der Waals surface area contributed by atoms with Crippen molar-refractivity contribution < 1.29 is 53.1 Å². The lowest BCUT2D eigenvalue weighted by Crippen LogP contribution is -2.82. The van der Waals surface area contributed by atoms with Gasteiger partial charge in [-0.3, -0.25) is 14.4 Å². The summed E-state index contributed by atoms with van der Waals surface area (Å²) in [6, 6.07) is 0. The predicted octanol–water partition coefficient (Wildman–Crippen LogP) is 0.726. The molecule has 1 aliphatic heterocycles. The Morgan fingerprint density at radius 2 is 1.71 bits per heavy atom. The normalized spacial score (nSPS) is 38.4. The molecule has 1 spiro atoms. The molecule has 6 unspecified atom stereocenters. The van der Waals surface area contributed by atoms with Gasteiger partial charge in [-0.15, -0.1) is 0 Å². The van der Waals surface area contributed by atoms with Gasteiger partial charge in [-0.1, -0.05) is 13.8 Å². The van der Waals surface area contributed by atoms with E-state index in [1.807, 2.05) is 0 Å². The fourth-order valence-corrected chi connectivity index (χ4v) is 5.70. The predicted molar refractivity (Wildman–Crippen MR) is 118 cm³/mol. The van der Waals surface area contributed by atoms with E-state index in [4.69, 9.17) is 23.7 Å². The zero-order valence-corrected chi connectivity index (χ0v) is 21.1. The summed E-state index contributed by atoms with van der Waals surface area (Å²) in [5.41, 5.74) is -7.93. The molecule has 2 N–H and O–H groups in total. The van der Waals surface area contributed by atoms with Gasteiger partial charge < -0.3 is 33.9 Å². The maximum absolute atomic E-state index is 13.2. The highest BCUT2D eigenvalue weighted by molar-refractivity contribution is 5.95. The van der Waals surface area contributed by atoms with Crippen LogP contribution < -0.4 is 0 Å². The van der Waals surface area contributed by atoms with Crippen LogP contribution in [-0.2, 0) is 42.9 Å². The topological polar surface area (TPSA) is 155 Å². The van der Waals surface area contributed by atoms with Crippen LogP contribution in [0.2, 0.25) is 0 Å². The van der Waals surface area contributed by atoms with Crippen molar-refractivity contribution in [2.45, 2.75) is 95.4 Å². The third kappa shape index (κ3) is 4.03. The highest BCUT2D eigenvalue weighted by Gasteiger charge is 2.81. The van der Waals surface area contributed by atoms with Crippen molar-refractivity contribution in [1.82, 2.24) is 0 Å². The number of rotatable bonds is 6. The smallest absolute Gasteiger partial charge is 0.337 e. The Labute approximate surface area is 203 Å². The van der Waals surface area contributed by atoms with E-state index in [9.17, 15) is 29.4 Å². The molecule has 11 nitrogen and oxygen atoms in total. The Balaban J connectivity index is 2.39. The zero-order valence-electron chi connectivity index (χ0n) is 21.1. The second kappa shape index (κ2) is 8.86. The van der Waals surface area contributed by atoms with Crippen molar-refractivity contribution in [2.24, 2.45) is 5.92 Å². The van der Waals surface area contributed by atoms with E-state index in [0.29, 0.717) is 0 Å². The highest BCUT2D eigenvalue weighted by atomic mass is 16.6. The second-order valence-electron chi connectivity index (χ2n) is 10.3. The van der Waals surface area contributed by atoms with E-state index >= 15 is 0 Å². The van der Waals surface area contributed by atoms with Gasteiger partial charge >= 0.3 is 23.9 Å². The number of aliphatic hydroxyl groups is 2.